The molecule has 0 aromatic heterocycles. The molecule has 3 rings (SSSR count). The SMILES string of the molecule is CNC(c1cc(OC)cc(OC)c1)C1CC2CC2C1. The van der Waals surface area contributed by atoms with Gasteiger partial charge < -0.3 is 14.8 Å². The number of hydrogen-bond donors (Lipinski definition) is 1. The summed E-state index contributed by atoms with van der Waals surface area (Å²) in [6.07, 6.45) is 4.21. The molecule has 0 aliphatic heterocycles. The first-order valence-electron chi connectivity index (χ1n) is 7.15. The molecule has 2 aliphatic rings. The van der Waals surface area contributed by atoms with Crippen LogP contribution >= 0.6 is 0 Å². The molecule has 3 atom stereocenters. The summed E-state index contributed by atoms with van der Waals surface area (Å²) >= 11 is 0. The fourth-order valence-corrected chi connectivity index (χ4v) is 3.72. The van der Waals surface area contributed by atoms with Crippen LogP contribution < -0.4 is 14.8 Å². The molecule has 3 heteroatoms. The van der Waals surface area contributed by atoms with Crippen molar-refractivity contribution in [2.75, 3.05) is 21.3 Å². The molecule has 104 valence electrons. The Morgan fingerprint density at radius 1 is 1.00 bits per heavy atom. The van der Waals surface area contributed by atoms with Gasteiger partial charge in [-0.1, -0.05) is 0 Å². The predicted octanol–water partition coefficient (Wildman–Crippen LogP) is 3.01. The van der Waals surface area contributed by atoms with E-state index in [1.807, 2.05) is 6.07 Å². The Hall–Kier alpha value is -1.22. The summed E-state index contributed by atoms with van der Waals surface area (Å²) < 4.78 is 10.8. The molecule has 1 aromatic rings. The molecule has 1 aromatic carbocycles. The fourth-order valence-electron chi connectivity index (χ4n) is 3.72. The Kier molecular flexibility index (Phi) is 3.40. The molecule has 0 saturated heterocycles. The summed E-state index contributed by atoms with van der Waals surface area (Å²) in [5.41, 5.74) is 1.28. The van der Waals surface area contributed by atoms with Gasteiger partial charge >= 0.3 is 0 Å². The van der Waals surface area contributed by atoms with Gasteiger partial charge in [0.25, 0.3) is 0 Å². The van der Waals surface area contributed by atoms with Crippen LogP contribution in [0.25, 0.3) is 0 Å². The lowest BCUT2D eigenvalue weighted by Crippen LogP contribution is -2.24. The molecule has 2 saturated carbocycles. The molecular formula is C16H23NO2. The summed E-state index contributed by atoms with van der Waals surface area (Å²) in [4.78, 5) is 0. The number of benzene rings is 1. The van der Waals surface area contributed by atoms with Crippen molar-refractivity contribution in [2.24, 2.45) is 17.8 Å². The second-order valence-electron chi connectivity index (χ2n) is 5.90. The van der Waals surface area contributed by atoms with Crippen molar-refractivity contribution in [1.82, 2.24) is 5.32 Å². The van der Waals surface area contributed by atoms with Crippen molar-refractivity contribution < 1.29 is 9.47 Å². The molecular weight excluding hydrogens is 238 g/mol. The van der Waals surface area contributed by atoms with Gasteiger partial charge in [-0.15, -0.1) is 0 Å². The van der Waals surface area contributed by atoms with Gasteiger partial charge in [0, 0.05) is 12.1 Å². The van der Waals surface area contributed by atoms with Crippen molar-refractivity contribution >= 4 is 0 Å². The van der Waals surface area contributed by atoms with Crippen LogP contribution in [0.3, 0.4) is 0 Å². The molecule has 2 fully saturated rings. The van der Waals surface area contributed by atoms with Crippen molar-refractivity contribution in [3.8, 4) is 11.5 Å². The third kappa shape index (κ3) is 2.44. The van der Waals surface area contributed by atoms with E-state index in [1.165, 1.54) is 24.8 Å². The van der Waals surface area contributed by atoms with Crippen LogP contribution in [-0.2, 0) is 0 Å². The summed E-state index contributed by atoms with van der Waals surface area (Å²) in [5, 5.41) is 3.49. The Morgan fingerprint density at radius 2 is 1.58 bits per heavy atom. The number of hydrogen-bond acceptors (Lipinski definition) is 3. The molecule has 0 radical (unpaired) electrons. The van der Waals surface area contributed by atoms with E-state index in [2.05, 4.69) is 24.5 Å². The maximum absolute atomic E-state index is 5.38. The van der Waals surface area contributed by atoms with Crippen LogP contribution in [0.15, 0.2) is 18.2 Å². The zero-order chi connectivity index (χ0) is 13.4. The predicted molar refractivity (Wildman–Crippen MR) is 75.7 cm³/mol. The van der Waals surface area contributed by atoms with Gasteiger partial charge in [0.2, 0.25) is 0 Å². The van der Waals surface area contributed by atoms with Gasteiger partial charge in [0.05, 0.1) is 14.2 Å². The maximum atomic E-state index is 5.38. The van der Waals surface area contributed by atoms with E-state index in [9.17, 15) is 0 Å². The van der Waals surface area contributed by atoms with Gasteiger partial charge in [-0.25, -0.2) is 0 Å². The standard InChI is InChI=1S/C16H23NO2/c1-17-16(12-5-10-4-11(10)6-12)13-7-14(18-2)9-15(8-13)19-3/h7-12,16-17H,4-6H2,1-3H3. The average molecular weight is 261 g/mol. The topological polar surface area (TPSA) is 30.5 Å². The number of nitrogens with one attached hydrogen (secondary N) is 1. The largest absolute Gasteiger partial charge is 0.497 e. The van der Waals surface area contributed by atoms with Crippen LogP contribution in [0.2, 0.25) is 0 Å². The molecule has 1 N–H and O–H groups in total. The molecule has 0 heterocycles. The van der Waals surface area contributed by atoms with Crippen molar-refractivity contribution in [3.05, 3.63) is 23.8 Å². The van der Waals surface area contributed by atoms with Crippen LogP contribution in [0.4, 0.5) is 0 Å². The lowest BCUT2D eigenvalue weighted by Gasteiger charge is -2.25. The zero-order valence-electron chi connectivity index (χ0n) is 12.0. The van der Waals surface area contributed by atoms with Crippen LogP contribution in [0, 0.1) is 17.8 Å². The van der Waals surface area contributed by atoms with Gasteiger partial charge in [0.15, 0.2) is 0 Å². The minimum Gasteiger partial charge on any atom is -0.497 e. The van der Waals surface area contributed by atoms with E-state index in [-0.39, 0.29) is 0 Å². The highest BCUT2D eigenvalue weighted by Crippen LogP contribution is 2.57. The van der Waals surface area contributed by atoms with E-state index < -0.39 is 0 Å². The zero-order valence-corrected chi connectivity index (χ0v) is 12.0. The molecule has 19 heavy (non-hydrogen) atoms. The Balaban J connectivity index is 1.85. The van der Waals surface area contributed by atoms with E-state index in [1.54, 1.807) is 14.2 Å². The van der Waals surface area contributed by atoms with E-state index >= 15 is 0 Å². The van der Waals surface area contributed by atoms with Crippen molar-refractivity contribution in [2.45, 2.75) is 25.3 Å². The van der Waals surface area contributed by atoms with Crippen molar-refractivity contribution in [3.63, 3.8) is 0 Å². The quantitative estimate of drug-likeness (QED) is 0.884. The minimum atomic E-state index is 0.414. The highest BCUT2D eigenvalue weighted by atomic mass is 16.5. The molecule has 3 nitrogen and oxygen atoms in total. The molecule has 0 spiro atoms. The number of rotatable bonds is 5. The summed E-state index contributed by atoms with van der Waals surface area (Å²) in [5.74, 6) is 4.52. The van der Waals surface area contributed by atoms with Crippen molar-refractivity contribution in [1.29, 1.82) is 0 Å². The highest BCUT2D eigenvalue weighted by Gasteiger charge is 2.47. The minimum absolute atomic E-state index is 0.414. The number of fused-ring (bicyclic) bond motifs is 1. The monoisotopic (exact) mass is 261 g/mol. The lowest BCUT2D eigenvalue weighted by molar-refractivity contribution is 0.352. The lowest BCUT2D eigenvalue weighted by atomic mass is 9.89. The average Bonchev–Trinajstić information content (AvgIpc) is 3.06. The number of methoxy groups -OCH3 is 2. The van der Waals surface area contributed by atoms with Crippen LogP contribution in [-0.4, -0.2) is 21.3 Å². The first-order valence-corrected chi connectivity index (χ1v) is 7.15. The van der Waals surface area contributed by atoms with E-state index in [4.69, 9.17) is 9.47 Å². The summed E-state index contributed by atoms with van der Waals surface area (Å²) in [6.45, 7) is 0. The fraction of sp³-hybridized carbons (Fsp3) is 0.625. The molecule has 2 aliphatic carbocycles. The third-order valence-electron chi connectivity index (χ3n) is 4.80. The smallest absolute Gasteiger partial charge is 0.122 e. The second kappa shape index (κ2) is 5.04. The normalized spacial score (nSPS) is 29.7. The van der Waals surface area contributed by atoms with Crippen LogP contribution in [0.5, 0.6) is 11.5 Å². The van der Waals surface area contributed by atoms with E-state index in [0.717, 1.165) is 29.3 Å². The Bertz CT molecular complexity index is 428. The molecule has 3 unspecified atom stereocenters. The number of ether oxygens (including phenoxy) is 2. The van der Waals surface area contributed by atoms with Gasteiger partial charge in [-0.3, -0.25) is 0 Å². The first kappa shape index (κ1) is 12.8. The second-order valence-corrected chi connectivity index (χ2v) is 5.90. The van der Waals surface area contributed by atoms with Gasteiger partial charge in [0.1, 0.15) is 11.5 Å². The molecule has 0 bridgehead atoms. The Morgan fingerprint density at radius 3 is 2.05 bits per heavy atom. The molecule has 0 amide bonds. The third-order valence-corrected chi connectivity index (χ3v) is 4.80. The first-order chi connectivity index (χ1) is 9.25. The van der Waals surface area contributed by atoms with Gasteiger partial charge in [-0.2, -0.15) is 0 Å². The van der Waals surface area contributed by atoms with E-state index in [0.29, 0.717) is 6.04 Å². The maximum Gasteiger partial charge on any atom is 0.122 e. The summed E-state index contributed by atoms with van der Waals surface area (Å²) in [6, 6.07) is 6.61. The van der Waals surface area contributed by atoms with Gasteiger partial charge in [-0.05, 0) is 61.8 Å². The summed E-state index contributed by atoms with van der Waals surface area (Å²) in [7, 11) is 5.47. The Labute approximate surface area is 115 Å². The highest BCUT2D eigenvalue weighted by molar-refractivity contribution is 5.40. The van der Waals surface area contributed by atoms with Crippen LogP contribution in [0.1, 0.15) is 30.9 Å².